The van der Waals surface area contributed by atoms with E-state index in [9.17, 15) is 14.0 Å². The highest BCUT2D eigenvalue weighted by molar-refractivity contribution is 8.15. The van der Waals surface area contributed by atoms with Crippen molar-refractivity contribution in [1.29, 1.82) is 0 Å². The number of amides is 2. The van der Waals surface area contributed by atoms with Crippen LogP contribution in [0, 0.1) is 5.82 Å². The van der Waals surface area contributed by atoms with Crippen LogP contribution in [0.5, 0.6) is 5.75 Å². The second kappa shape index (κ2) is 9.60. The van der Waals surface area contributed by atoms with E-state index in [1.165, 1.54) is 28.8 Å². The summed E-state index contributed by atoms with van der Waals surface area (Å²) in [7, 11) is 3.28. The summed E-state index contributed by atoms with van der Waals surface area (Å²) in [6.07, 6.45) is 0.153. The smallest absolute Gasteiger partial charge is 0.236 e. The van der Waals surface area contributed by atoms with E-state index in [-0.39, 0.29) is 24.1 Å². The number of hydrogen-bond acceptors (Lipinski definition) is 6. The lowest BCUT2D eigenvalue weighted by molar-refractivity contribution is -0.134. The lowest BCUT2D eigenvalue weighted by atomic mass is 10.2. The van der Waals surface area contributed by atoms with E-state index in [1.807, 2.05) is 12.1 Å². The Hall–Kier alpha value is -3.07. The maximum absolute atomic E-state index is 13.2. The van der Waals surface area contributed by atoms with Crippen molar-refractivity contribution in [2.75, 3.05) is 45.2 Å². The van der Waals surface area contributed by atoms with Gasteiger partial charge in [0.1, 0.15) is 16.8 Å². The summed E-state index contributed by atoms with van der Waals surface area (Å²) < 4.78 is 18.3. The van der Waals surface area contributed by atoms with Gasteiger partial charge in [0, 0.05) is 45.3 Å². The predicted octanol–water partition coefficient (Wildman–Crippen LogP) is 3.13. The molecular formula is C23H25FN4O3S. The number of aliphatic imine (C=N–C) groups is 1. The zero-order valence-corrected chi connectivity index (χ0v) is 18.8. The molecule has 2 amide bonds. The normalized spacial score (nSPS) is 20.6. The van der Waals surface area contributed by atoms with Gasteiger partial charge in [0.2, 0.25) is 11.8 Å². The SMILES string of the molecule is COc1ccc(N=C2S[C@@H](C(=O)N3CCN(c4ccc(F)cc4)CC3)CC(=O)N2C)cc1. The van der Waals surface area contributed by atoms with E-state index in [0.29, 0.717) is 37.0 Å². The van der Waals surface area contributed by atoms with Gasteiger partial charge >= 0.3 is 0 Å². The highest BCUT2D eigenvalue weighted by Gasteiger charge is 2.37. The first-order valence-corrected chi connectivity index (χ1v) is 11.3. The molecule has 2 fully saturated rings. The quantitative estimate of drug-likeness (QED) is 0.707. The molecule has 2 aromatic rings. The predicted molar refractivity (Wildman–Crippen MR) is 124 cm³/mol. The van der Waals surface area contributed by atoms with Crippen molar-refractivity contribution in [3.8, 4) is 5.75 Å². The van der Waals surface area contributed by atoms with Gasteiger partial charge in [0.25, 0.3) is 0 Å². The number of anilines is 1. The van der Waals surface area contributed by atoms with Crippen molar-refractivity contribution in [1.82, 2.24) is 9.80 Å². The minimum absolute atomic E-state index is 0.0439. The minimum atomic E-state index is -0.493. The van der Waals surface area contributed by atoms with Gasteiger partial charge in [-0.05, 0) is 48.5 Å². The zero-order chi connectivity index (χ0) is 22.7. The molecule has 0 aromatic heterocycles. The summed E-state index contributed by atoms with van der Waals surface area (Å²) in [6, 6.07) is 13.6. The van der Waals surface area contributed by atoms with Crippen molar-refractivity contribution >= 4 is 40.1 Å². The van der Waals surface area contributed by atoms with Gasteiger partial charge < -0.3 is 14.5 Å². The summed E-state index contributed by atoms with van der Waals surface area (Å²) in [5.74, 6) is 0.290. The third-order valence-electron chi connectivity index (χ3n) is 5.62. The average Bonchev–Trinajstić information content (AvgIpc) is 2.82. The van der Waals surface area contributed by atoms with Gasteiger partial charge in [-0.1, -0.05) is 11.8 Å². The maximum atomic E-state index is 13.2. The summed E-state index contributed by atoms with van der Waals surface area (Å²) in [6.45, 7) is 2.44. The van der Waals surface area contributed by atoms with Crippen LogP contribution in [-0.2, 0) is 9.59 Å². The van der Waals surface area contributed by atoms with Gasteiger partial charge in [-0.25, -0.2) is 9.38 Å². The Morgan fingerprint density at radius 3 is 2.34 bits per heavy atom. The number of methoxy groups -OCH3 is 1. The van der Waals surface area contributed by atoms with Crippen LogP contribution in [0.3, 0.4) is 0 Å². The molecule has 0 spiro atoms. The molecule has 0 aliphatic carbocycles. The number of thioether (sulfide) groups is 1. The molecule has 1 atom stereocenters. The molecule has 9 heteroatoms. The monoisotopic (exact) mass is 456 g/mol. The molecule has 2 aliphatic rings. The van der Waals surface area contributed by atoms with Crippen molar-refractivity contribution in [3.05, 3.63) is 54.3 Å². The number of carbonyl (C=O) groups excluding carboxylic acids is 2. The van der Waals surface area contributed by atoms with E-state index < -0.39 is 5.25 Å². The molecule has 2 saturated heterocycles. The molecule has 32 heavy (non-hydrogen) atoms. The lowest BCUT2D eigenvalue weighted by Gasteiger charge is -2.38. The highest BCUT2D eigenvalue weighted by atomic mass is 32.2. The largest absolute Gasteiger partial charge is 0.497 e. The highest BCUT2D eigenvalue weighted by Crippen LogP contribution is 2.30. The summed E-state index contributed by atoms with van der Waals surface area (Å²) in [5, 5.41) is 0.0165. The fraction of sp³-hybridized carbons (Fsp3) is 0.348. The van der Waals surface area contributed by atoms with Crippen LogP contribution in [0.1, 0.15) is 6.42 Å². The van der Waals surface area contributed by atoms with Crippen LogP contribution in [0.25, 0.3) is 0 Å². The van der Waals surface area contributed by atoms with Gasteiger partial charge in [0.05, 0.1) is 12.8 Å². The van der Waals surface area contributed by atoms with Crippen LogP contribution < -0.4 is 9.64 Å². The van der Waals surface area contributed by atoms with Crippen LogP contribution in [0.2, 0.25) is 0 Å². The van der Waals surface area contributed by atoms with Gasteiger partial charge in [-0.15, -0.1) is 0 Å². The number of benzene rings is 2. The maximum Gasteiger partial charge on any atom is 0.236 e. The second-order valence-corrected chi connectivity index (χ2v) is 8.81. The molecule has 0 bridgehead atoms. The van der Waals surface area contributed by atoms with Gasteiger partial charge in [-0.3, -0.25) is 14.5 Å². The van der Waals surface area contributed by atoms with Crippen LogP contribution in [-0.4, -0.2) is 72.4 Å². The number of amidine groups is 1. The van der Waals surface area contributed by atoms with Gasteiger partial charge in [0.15, 0.2) is 5.17 Å². The molecule has 2 aliphatic heterocycles. The van der Waals surface area contributed by atoms with Crippen LogP contribution >= 0.6 is 11.8 Å². The first kappa shape index (κ1) is 22.1. The summed E-state index contributed by atoms with van der Waals surface area (Å²) in [4.78, 5) is 35.8. The Balaban J connectivity index is 1.41. The topological polar surface area (TPSA) is 65.5 Å². The Bertz CT molecular complexity index is 1000. The van der Waals surface area contributed by atoms with Crippen molar-refractivity contribution in [3.63, 3.8) is 0 Å². The molecule has 168 valence electrons. The number of piperazine rings is 1. The average molecular weight is 457 g/mol. The van der Waals surface area contributed by atoms with Crippen molar-refractivity contribution < 1.29 is 18.7 Å². The molecule has 0 saturated carbocycles. The number of hydrogen-bond donors (Lipinski definition) is 0. The number of nitrogens with zero attached hydrogens (tertiary/aromatic N) is 4. The number of carbonyl (C=O) groups is 2. The zero-order valence-electron chi connectivity index (χ0n) is 18.0. The Morgan fingerprint density at radius 2 is 1.72 bits per heavy atom. The van der Waals surface area contributed by atoms with Crippen molar-refractivity contribution in [2.24, 2.45) is 4.99 Å². The van der Waals surface area contributed by atoms with E-state index in [0.717, 1.165) is 11.4 Å². The second-order valence-electron chi connectivity index (χ2n) is 7.64. The number of rotatable bonds is 4. The first-order chi connectivity index (χ1) is 15.4. The Kier molecular flexibility index (Phi) is 6.64. The molecule has 2 heterocycles. The third kappa shape index (κ3) is 4.88. The molecule has 2 aromatic carbocycles. The van der Waals surface area contributed by atoms with E-state index in [2.05, 4.69) is 9.89 Å². The fourth-order valence-corrected chi connectivity index (χ4v) is 4.85. The van der Waals surface area contributed by atoms with Crippen molar-refractivity contribution in [2.45, 2.75) is 11.7 Å². The molecule has 4 rings (SSSR count). The minimum Gasteiger partial charge on any atom is -0.497 e. The standard InChI is InChI=1S/C23H25FN4O3S/c1-26-21(29)15-20(32-23(26)25-17-5-9-19(31-2)10-6-17)22(30)28-13-11-27(12-14-28)18-7-3-16(24)4-8-18/h3-10,20H,11-15H2,1-2H3/t20-/m1/s1. The van der Waals surface area contributed by atoms with E-state index >= 15 is 0 Å². The lowest BCUT2D eigenvalue weighted by Crippen LogP contribution is -2.53. The summed E-state index contributed by atoms with van der Waals surface area (Å²) in [5.41, 5.74) is 1.63. The number of ether oxygens (including phenoxy) is 1. The molecule has 7 nitrogen and oxygen atoms in total. The van der Waals surface area contributed by atoms with Crippen LogP contribution in [0.4, 0.5) is 15.8 Å². The third-order valence-corrected chi connectivity index (χ3v) is 6.85. The Morgan fingerprint density at radius 1 is 1.06 bits per heavy atom. The Labute approximate surface area is 190 Å². The number of halogens is 1. The molecule has 0 radical (unpaired) electrons. The summed E-state index contributed by atoms with van der Waals surface area (Å²) >= 11 is 1.33. The molecule has 0 unspecified atom stereocenters. The molecule has 0 N–H and O–H groups in total. The fourth-order valence-electron chi connectivity index (χ4n) is 3.70. The first-order valence-electron chi connectivity index (χ1n) is 10.4. The van der Waals surface area contributed by atoms with Crippen LogP contribution in [0.15, 0.2) is 53.5 Å². The molecular weight excluding hydrogens is 431 g/mol. The van der Waals surface area contributed by atoms with E-state index in [4.69, 9.17) is 4.74 Å². The van der Waals surface area contributed by atoms with Gasteiger partial charge in [-0.2, -0.15) is 0 Å². The van der Waals surface area contributed by atoms with E-state index in [1.54, 1.807) is 43.3 Å².